The molecule has 10 rings (SSSR count). The van der Waals surface area contributed by atoms with Gasteiger partial charge in [0, 0.05) is 42.2 Å². The molecule has 43 heavy (non-hydrogen) atoms. The molecule has 0 aliphatic heterocycles. The largest absolute Gasteiger partial charge is 0.436 e. The Hall–Kier alpha value is -5.45. The number of thiophene rings is 1. The van der Waals surface area contributed by atoms with E-state index in [1.165, 1.54) is 63.5 Å². The molecule has 0 spiro atoms. The van der Waals surface area contributed by atoms with Crippen LogP contribution in [0, 0.1) is 0 Å². The van der Waals surface area contributed by atoms with Crippen LogP contribution < -0.4 is 0 Å². The lowest BCUT2D eigenvalue weighted by Crippen LogP contribution is -1.94. The Balaban J connectivity index is 1.19. The van der Waals surface area contributed by atoms with Gasteiger partial charge in [-0.15, -0.1) is 11.3 Å². The summed E-state index contributed by atoms with van der Waals surface area (Å²) in [5.41, 5.74) is 6.21. The predicted molar refractivity (Wildman–Crippen MR) is 182 cm³/mol. The van der Waals surface area contributed by atoms with Crippen LogP contribution in [0.2, 0.25) is 0 Å². The van der Waals surface area contributed by atoms with Gasteiger partial charge in [0.25, 0.3) is 0 Å². The highest BCUT2D eigenvalue weighted by Crippen LogP contribution is 2.42. The lowest BCUT2D eigenvalue weighted by atomic mass is 10.00. The summed E-state index contributed by atoms with van der Waals surface area (Å²) >= 11 is 1.80. The normalized spacial score (nSPS) is 12.2. The molecule has 3 aromatic heterocycles. The fraction of sp³-hybridized carbons (Fsp3) is 0. The molecule has 0 radical (unpaired) electrons. The van der Waals surface area contributed by atoms with Gasteiger partial charge in [-0.2, -0.15) is 0 Å². The predicted octanol–water partition coefficient (Wildman–Crippen LogP) is 11.3. The molecule has 0 N–H and O–H groups in total. The summed E-state index contributed by atoms with van der Waals surface area (Å²) in [6.07, 6.45) is 0. The molecule has 3 nitrogen and oxygen atoms in total. The van der Waals surface area contributed by atoms with Gasteiger partial charge in [0.15, 0.2) is 5.58 Å². The van der Waals surface area contributed by atoms with Crippen molar-refractivity contribution in [3.63, 3.8) is 0 Å². The summed E-state index contributed by atoms with van der Waals surface area (Å²) < 4.78 is 11.2. The van der Waals surface area contributed by atoms with Crippen LogP contribution in [-0.2, 0) is 0 Å². The third kappa shape index (κ3) is 3.21. The van der Waals surface area contributed by atoms with E-state index in [0.717, 1.165) is 22.4 Å². The van der Waals surface area contributed by atoms with Crippen molar-refractivity contribution in [3.8, 4) is 17.1 Å². The summed E-state index contributed by atoms with van der Waals surface area (Å²) in [6.45, 7) is 0. The molecule has 0 saturated heterocycles. The number of rotatable bonds is 2. The molecule has 0 aliphatic rings. The van der Waals surface area contributed by atoms with E-state index in [1.807, 2.05) is 6.07 Å². The minimum atomic E-state index is 0.642. The zero-order valence-electron chi connectivity index (χ0n) is 22.9. The highest BCUT2D eigenvalue weighted by molar-refractivity contribution is 7.26. The maximum Gasteiger partial charge on any atom is 0.227 e. The Morgan fingerprint density at radius 2 is 1.14 bits per heavy atom. The Kier molecular flexibility index (Phi) is 4.60. The first kappa shape index (κ1) is 23.1. The van der Waals surface area contributed by atoms with Gasteiger partial charge < -0.3 is 8.98 Å². The molecule has 0 amide bonds. The third-order valence-electron chi connectivity index (χ3n) is 8.82. The molecule has 4 heteroatoms. The molecular formula is C39H22N2OS. The zero-order chi connectivity index (χ0) is 28.1. The van der Waals surface area contributed by atoms with E-state index in [-0.39, 0.29) is 0 Å². The molecule has 10 aromatic rings. The number of fused-ring (bicyclic) bond motifs is 12. The minimum Gasteiger partial charge on any atom is -0.436 e. The lowest BCUT2D eigenvalue weighted by molar-refractivity contribution is 0.620. The summed E-state index contributed by atoms with van der Waals surface area (Å²) in [5, 5.41) is 10.0. The quantitative estimate of drug-likeness (QED) is 0.208. The second-order valence-electron chi connectivity index (χ2n) is 11.1. The smallest absolute Gasteiger partial charge is 0.227 e. The highest BCUT2D eigenvalue weighted by Gasteiger charge is 2.18. The number of hydrogen-bond acceptors (Lipinski definition) is 3. The fourth-order valence-electron chi connectivity index (χ4n) is 6.90. The Morgan fingerprint density at radius 3 is 1.84 bits per heavy atom. The zero-order valence-corrected chi connectivity index (χ0v) is 23.7. The molecule has 0 fully saturated rings. The summed E-state index contributed by atoms with van der Waals surface area (Å²) in [5.74, 6) is 0.642. The van der Waals surface area contributed by atoms with Crippen LogP contribution in [0.3, 0.4) is 0 Å². The topological polar surface area (TPSA) is 31.0 Å². The van der Waals surface area contributed by atoms with Gasteiger partial charge in [-0.05, 0) is 76.1 Å². The van der Waals surface area contributed by atoms with Crippen LogP contribution in [0.4, 0.5) is 0 Å². The van der Waals surface area contributed by atoms with Crippen molar-refractivity contribution in [1.82, 2.24) is 9.55 Å². The van der Waals surface area contributed by atoms with Gasteiger partial charge in [-0.3, -0.25) is 0 Å². The standard InChI is InChI=1S/C39H22N2OS/c1-3-9-27-23(7-1)15-19-30-35(27)36-28-10-4-2-8-24(28)16-20-31(36)41(30)26-17-13-25(14-18-26)39-40-38-32(42-39)21-22-34-37(38)29-11-5-6-12-33(29)43-34/h1-22H. The van der Waals surface area contributed by atoms with Crippen LogP contribution in [0.5, 0.6) is 0 Å². The van der Waals surface area contributed by atoms with E-state index in [9.17, 15) is 0 Å². The van der Waals surface area contributed by atoms with Crippen molar-refractivity contribution in [2.75, 3.05) is 0 Å². The van der Waals surface area contributed by atoms with Gasteiger partial charge in [-0.25, -0.2) is 4.98 Å². The number of oxazole rings is 1. The van der Waals surface area contributed by atoms with Gasteiger partial charge in [0.1, 0.15) is 5.52 Å². The summed E-state index contributed by atoms with van der Waals surface area (Å²) in [6, 6.07) is 47.7. The van der Waals surface area contributed by atoms with Crippen molar-refractivity contribution < 1.29 is 4.42 Å². The van der Waals surface area contributed by atoms with E-state index >= 15 is 0 Å². The summed E-state index contributed by atoms with van der Waals surface area (Å²) in [7, 11) is 0. The van der Waals surface area contributed by atoms with Crippen molar-refractivity contribution >= 4 is 86.0 Å². The van der Waals surface area contributed by atoms with Crippen molar-refractivity contribution in [1.29, 1.82) is 0 Å². The van der Waals surface area contributed by atoms with Gasteiger partial charge >= 0.3 is 0 Å². The van der Waals surface area contributed by atoms with Crippen molar-refractivity contribution in [3.05, 3.63) is 133 Å². The molecule has 3 heterocycles. The molecule has 0 atom stereocenters. The first-order valence-corrected chi connectivity index (χ1v) is 15.3. The Morgan fingerprint density at radius 1 is 0.512 bits per heavy atom. The molecule has 200 valence electrons. The van der Waals surface area contributed by atoms with Crippen LogP contribution in [0.1, 0.15) is 0 Å². The average Bonchev–Trinajstić information content (AvgIpc) is 3.76. The molecule has 0 saturated carbocycles. The lowest BCUT2D eigenvalue weighted by Gasteiger charge is -2.09. The summed E-state index contributed by atoms with van der Waals surface area (Å²) in [4.78, 5) is 5.03. The molecular weight excluding hydrogens is 545 g/mol. The van der Waals surface area contributed by atoms with Crippen molar-refractivity contribution in [2.45, 2.75) is 0 Å². The van der Waals surface area contributed by atoms with Gasteiger partial charge in [0.2, 0.25) is 5.89 Å². The van der Waals surface area contributed by atoms with Gasteiger partial charge in [-0.1, -0.05) is 78.9 Å². The van der Waals surface area contributed by atoms with Crippen LogP contribution >= 0.6 is 11.3 Å². The monoisotopic (exact) mass is 566 g/mol. The SMILES string of the molecule is c1ccc2c(c1)ccc1c2c2c3ccccc3ccc2n1-c1ccc(-c2nc3c(ccc4sc5ccccc5c43)o2)cc1. The highest BCUT2D eigenvalue weighted by atomic mass is 32.1. The van der Waals surface area contributed by atoms with Crippen LogP contribution in [0.15, 0.2) is 138 Å². The van der Waals surface area contributed by atoms with E-state index < -0.39 is 0 Å². The van der Waals surface area contributed by atoms with E-state index in [0.29, 0.717) is 5.89 Å². The molecule has 0 bridgehead atoms. The van der Waals surface area contributed by atoms with E-state index in [2.05, 4.69) is 132 Å². The van der Waals surface area contributed by atoms with E-state index in [4.69, 9.17) is 9.40 Å². The van der Waals surface area contributed by atoms with Gasteiger partial charge in [0.05, 0.1) is 11.0 Å². The third-order valence-corrected chi connectivity index (χ3v) is 9.95. The molecule has 7 aromatic carbocycles. The van der Waals surface area contributed by atoms with Crippen LogP contribution in [-0.4, -0.2) is 9.55 Å². The van der Waals surface area contributed by atoms with E-state index in [1.54, 1.807) is 11.3 Å². The first-order chi connectivity index (χ1) is 21.3. The number of hydrogen-bond donors (Lipinski definition) is 0. The second-order valence-corrected chi connectivity index (χ2v) is 12.2. The second kappa shape index (κ2) is 8.54. The van der Waals surface area contributed by atoms with Crippen LogP contribution in [0.25, 0.3) is 91.8 Å². The minimum absolute atomic E-state index is 0.642. The van der Waals surface area contributed by atoms with Crippen molar-refractivity contribution in [2.24, 2.45) is 0 Å². The Labute approximate surface area is 249 Å². The number of benzene rings is 7. The average molecular weight is 567 g/mol. The fourth-order valence-corrected chi connectivity index (χ4v) is 8.01. The first-order valence-electron chi connectivity index (χ1n) is 14.5. The molecule has 0 aliphatic carbocycles. The maximum atomic E-state index is 6.33. The number of aromatic nitrogens is 2. The maximum absolute atomic E-state index is 6.33. The molecule has 0 unspecified atom stereocenters. The Bertz CT molecular complexity index is 2630. The number of nitrogens with zero attached hydrogens (tertiary/aromatic N) is 2.